The van der Waals surface area contributed by atoms with Crippen molar-refractivity contribution in [3.05, 3.63) is 71.8 Å². The van der Waals surface area contributed by atoms with E-state index in [0.29, 0.717) is 11.1 Å². The fourth-order valence-electron chi connectivity index (χ4n) is 4.56. The molecule has 28 heavy (non-hydrogen) atoms. The van der Waals surface area contributed by atoms with Crippen LogP contribution in [0.4, 0.5) is 0 Å². The molecule has 2 bridgehead atoms. The van der Waals surface area contributed by atoms with Crippen molar-refractivity contribution in [2.24, 2.45) is 10.8 Å². The first-order valence-corrected chi connectivity index (χ1v) is 8.78. The molecule has 4 atom stereocenters. The number of benzene rings is 2. The lowest BCUT2D eigenvalue weighted by Crippen LogP contribution is -2.57. The predicted molar refractivity (Wildman–Crippen MR) is 98.4 cm³/mol. The van der Waals surface area contributed by atoms with Crippen molar-refractivity contribution in [3.63, 3.8) is 0 Å². The second-order valence-electron chi connectivity index (χ2n) is 7.15. The summed E-state index contributed by atoms with van der Waals surface area (Å²) >= 11 is 0. The van der Waals surface area contributed by atoms with Gasteiger partial charge in [0, 0.05) is 6.92 Å². The van der Waals surface area contributed by atoms with Gasteiger partial charge in [-0.3, -0.25) is 5.41 Å². The van der Waals surface area contributed by atoms with Crippen LogP contribution < -0.4 is 0 Å². The Balaban J connectivity index is 2.05. The van der Waals surface area contributed by atoms with E-state index in [0.717, 1.165) is 0 Å². The zero-order chi connectivity index (χ0) is 20.0. The Hall–Kier alpha value is -3.66. The lowest BCUT2D eigenvalue weighted by molar-refractivity contribution is -0.253. The molecular formula is C22H16N4O2. The van der Waals surface area contributed by atoms with Gasteiger partial charge in [0.25, 0.3) is 0 Å². The van der Waals surface area contributed by atoms with E-state index in [1.165, 1.54) is 0 Å². The molecule has 0 unspecified atom stereocenters. The highest BCUT2D eigenvalue weighted by Crippen LogP contribution is 2.69. The maximum Gasteiger partial charge on any atom is 0.218 e. The summed E-state index contributed by atoms with van der Waals surface area (Å²) in [6.07, 6.45) is -1.05. The summed E-state index contributed by atoms with van der Waals surface area (Å²) < 4.78 is 12.0. The lowest BCUT2D eigenvalue weighted by atomic mass is 9.52. The molecule has 2 aromatic rings. The van der Waals surface area contributed by atoms with E-state index in [9.17, 15) is 15.8 Å². The Morgan fingerprint density at radius 1 is 0.857 bits per heavy atom. The van der Waals surface area contributed by atoms with Gasteiger partial charge >= 0.3 is 0 Å². The van der Waals surface area contributed by atoms with Crippen molar-refractivity contribution in [2.75, 3.05) is 0 Å². The number of nitrogens with one attached hydrogen (secondary N) is 1. The third-order valence-electron chi connectivity index (χ3n) is 5.75. The van der Waals surface area contributed by atoms with Crippen molar-refractivity contribution in [1.29, 1.82) is 21.2 Å². The average molecular weight is 368 g/mol. The zero-order valence-corrected chi connectivity index (χ0v) is 15.1. The van der Waals surface area contributed by atoms with Gasteiger partial charge in [0.1, 0.15) is 6.10 Å². The Morgan fingerprint density at radius 2 is 1.39 bits per heavy atom. The summed E-state index contributed by atoms with van der Waals surface area (Å²) in [5.41, 5.74) is -2.52. The fourth-order valence-corrected chi connectivity index (χ4v) is 4.56. The van der Waals surface area contributed by atoms with E-state index in [2.05, 4.69) is 18.2 Å². The van der Waals surface area contributed by atoms with Gasteiger partial charge < -0.3 is 9.47 Å². The Kier molecular flexibility index (Phi) is 3.75. The minimum absolute atomic E-state index is 0.409. The van der Waals surface area contributed by atoms with Crippen LogP contribution in [0.3, 0.4) is 0 Å². The third-order valence-corrected chi connectivity index (χ3v) is 5.75. The van der Waals surface area contributed by atoms with Gasteiger partial charge in [0.05, 0.1) is 24.1 Å². The summed E-state index contributed by atoms with van der Waals surface area (Å²) in [6, 6.07) is 24.1. The van der Waals surface area contributed by atoms with E-state index < -0.39 is 34.5 Å². The van der Waals surface area contributed by atoms with Crippen molar-refractivity contribution < 1.29 is 9.47 Å². The molecule has 2 saturated heterocycles. The summed E-state index contributed by atoms with van der Waals surface area (Å²) in [5.74, 6) is -2.59. The van der Waals surface area contributed by atoms with Crippen LogP contribution in [-0.4, -0.2) is 11.7 Å². The smallest absolute Gasteiger partial charge is 0.218 e. The average Bonchev–Trinajstić information content (AvgIpc) is 2.92. The number of rotatable bonds is 2. The molecule has 6 nitrogen and oxygen atoms in total. The van der Waals surface area contributed by atoms with Gasteiger partial charge in [0.15, 0.2) is 5.41 Å². The summed E-state index contributed by atoms with van der Waals surface area (Å²) in [6.45, 7) is 1.66. The van der Waals surface area contributed by atoms with Gasteiger partial charge in [-0.25, -0.2) is 0 Å². The highest BCUT2D eigenvalue weighted by atomic mass is 16.7. The first-order chi connectivity index (χ1) is 13.5. The van der Waals surface area contributed by atoms with Crippen molar-refractivity contribution in [2.45, 2.75) is 24.7 Å². The Morgan fingerprint density at radius 3 is 1.89 bits per heavy atom. The highest BCUT2D eigenvalue weighted by molar-refractivity contribution is 5.90. The minimum atomic E-state index is -1.96. The number of hydrogen-bond donors (Lipinski definition) is 1. The Labute approximate surface area is 162 Å². The van der Waals surface area contributed by atoms with E-state index in [1.807, 2.05) is 12.1 Å². The topological polar surface area (TPSA) is 114 Å². The molecule has 1 N–H and O–H groups in total. The molecular weight excluding hydrogens is 352 g/mol. The highest BCUT2D eigenvalue weighted by Gasteiger charge is 2.79. The van der Waals surface area contributed by atoms with E-state index in [4.69, 9.17) is 14.9 Å². The van der Waals surface area contributed by atoms with Crippen molar-refractivity contribution in [3.8, 4) is 18.2 Å². The number of nitrogens with zero attached hydrogens (tertiary/aromatic N) is 3. The maximum absolute atomic E-state index is 10.3. The summed E-state index contributed by atoms with van der Waals surface area (Å²) in [5, 5.41) is 39.2. The third kappa shape index (κ3) is 1.94. The van der Waals surface area contributed by atoms with Crippen LogP contribution in [0.15, 0.2) is 60.7 Å². The van der Waals surface area contributed by atoms with E-state index in [1.54, 1.807) is 55.5 Å². The summed E-state index contributed by atoms with van der Waals surface area (Å²) in [4.78, 5) is 0. The number of fused-ring (bicyclic) bond motifs is 2. The van der Waals surface area contributed by atoms with Gasteiger partial charge in [-0.05, 0) is 11.1 Å². The van der Waals surface area contributed by atoms with Crippen LogP contribution in [0.1, 0.15) is 30.1 Å². The largest absolute Gasteiger partial charge is 0.447 e. The molecule has 2 fully saturated rings. The number of nitriles is 3. The molecule has 2 aliphatic rings. The first kappa shape index (κ1) is 17.7. The molecule has 6 heteroatoms. The molecule has 136 valence electrons. The second kappa shape index (κ2) is 5.92. The minimum Gasteiger partial charge on any atom is -0.447 e. The molecule has 0 amide bonds. The maximum atomic E-state index is 10.3. The zero-order valence-electron chi connectivity index (χ0n) is 15.1. The van der Waals surface area contributed by atoms with Gasteiger partial charge in [-0.2, -0.15) is 15.8 Å². The lowest BCUT2D eigenvalue weighted by Gasteiger charge is -2.48. The van der Waals surface area contributed by atoms with E-state index in [-0.39, 0.29) is 0 Å². The van der Waals surface area contributed by atoms with E-state index >= 15 is 0 Å². The monoisotopic (exact) mass is 368 g/mol. The van der Waals surface area contributed by atoms with Gasteiger partial charge in [-0.15, -0.1) is 0 Å². The van der Waals surface area contributed by atoms with Crippen LogP contribution >= 0.6 is 0 Å². The Bertz CT molecular complexity index is 1050. The molecule has 2 aliphatic heterocycles. The van der Waals surface area contributed by atoms with Crippen molar-refractivity contribution >= 4 is 5.90 Å². The standard InChI is InChI=1S/C22H16N4O2/c1-20-17(15-8-4-2-5-9-15)22(14-25,19(26)28-20)21(12-23,13-24)18(27-20)16-10-6-3-7-11-16/h2-11,17-18,26H,1H3/t17-,18-,20-,22-/m1/s1. The molecule has 0 saturated carbocycles. The first-order valence-electron chi connectivity index (χ1n) is 8.78. The predicted octanol–water partition coefficient (Wildman–Crippen LogP) is 3.81. The molecule has 0 aromatic heterocycles. The van der Waals surface area contributed by atoms with Gasteiger partial charge in [0.2, 0.25) is 17.1 Å². The van der Waals surface area contributed by atoms with Crippen LogP contribution in [-0.2, 0) is 9.47 Å². The van der Waals surface area contributed by atoms with Crippen molar-refractivity contribution in [1.82, 2.24) is 0 Å². The number of ether oxygens (including phenoxy) is 2. The molecule has 2 aromatic carbocycles. The van der Waals surface area contributed by atoms with Crippen LogP contribution in [0.5, 0.6) is 0 Å². The molecule has 0 aliphatic carbocycles. The molecule has 4 rings (SSSR count). The van der Waals surface area contributed by atoms with Crippen LogP contribution in [0, 0.1) is 50.2 Å². The summed E-state index contributed by atoms with van der Waals surface area (Å²) in [7, 11) is 0. The van der Waals surface area contributed by atoms with Crippen LogP contribution in [0.2, 0.25) is 0 Å². The molecule has 2 heterocycles. The quantitative estimate of drug-likeness (QED) is 0.866. The molecule has 0 radical (unpaired) electrons. The SMILES string of the molecule is C[C@@]12OC(=N)[C@@](C#N)([C@@H]1c1ccccc1)C(C#N)(C#N)[C@@H](c1ccccc1)O2. The fraction of sp³-hybridized carbons (Fsp3) is 0.273. The normalized spacial score (nSPS) is 32.4. The van der Waals surface area contributed by atoms with Gasteiger partial charge in [-0.1, -0.05) is 60.7 Å². The van der Waals surface area contributed by atoms with Crippen LogP contribution in [0.25, 0.3) is 0 Å². The second-order valence-corrected chi connectivity index (χ2v) is 7.15. The number of hydrogen-bond acceptors (Lipinski definition) is 6. The molecule has 0 spiro atoms.